The second kappa shape index (κ2) is 9.55. The zero-order valence-electron chi connectivity index (χ0n) is 12.9. The summed E-state index contributed by atoms with van der Waals surface area (Å²) in [6.07, 6.45) is 2.95. The van der Waals surface area contributed by atoms with Crippen molar-refractivity contribution in [3.8, 4) is 11.3 Å². The van der Waals surface area contributed by atoms with Crippen LogP contribution in [0, 0.1) is 0 Å². The molecule has 0 radical (unpaired) electrons. The lowest BCUT2D eigenvalue weighted by molar-refractivity contribution is 0.0926. The van der Waals surface area contributed by atoms with E-state index in [9.17, 15) is 4.79 Å². The Morgan fingerprint density at radius 3 is 2.70 bits per heavy atom. The number of hydrogen-bond donors (Lipinski definition) is 2. The first-order valence-electron chi connectivity index (χ1n) is 7.37. The van der Waals surface area contributed by atoms with Crippen LogP contribution in [0.5, 0.6) is 0 Å². The predicted octanol–water partition coefficient (Wildman–Crippen LogP) is 3.66. The summed E-state index contributed by atoms with van der Waals surface area (Å²) in [5, 5.41) is 7.35. The van der Waals surface area contributed by atoms with Gasteiger partial charge in [-0.05, 0) is 30.7 Å². The average molecular weight is 358 g/mol. The van der Waals surface area contributed by atoms with Crippen LogP contribution in [0.4, 0.5) is 0 Å². The van der Waals surface area contributed by atoms with E-state index in [2.05, 4.69) is 17.4 Å². The lowest BCUT2D eigenvalue weighted by Crippen LogP contribution is -2.40. The van der Waals surface area contributed by atoms with Gasteiger partial charge in [-0.1, -0.05) is 36.5 Å². The van der Waals surface area contributed by atoms with Crippen LogP contribution in [0.3, 0.4) is 0 Å². The summed E-state index contributed by atoms with van der Waals surface area (Å²) in [5.74, 6) is 0.259. The summed E-state index contributed by atoms with van der Waals surface area (Å²) >= 11 is 5.85. The van der Waals surface area contributed by atoms with Crippen molar-refractivity contribution in [3.63, 3.8) is 0 Å². The van der Waals surface area contributed by atoms with Crippen LogP contribution in [0.1, 0.15) is 36.7 Å². The summed E-state index contributed by atoms with van der Waals surface area (Å²) in [6, 6.07) is 8.72. The molecule has 1 aromatic heterocycles. The van der Waals surface area contributed by atoms with Gasteiger partial charge >= 0.3 is 0 Å². The molecule has 1 heterocycles. The molecule has 2 aromatic rings. The van der Waals surface area contributed by atoms with E-state index in [0.29, 0.717) is 17.3 Å². The molecule has 1 aromatic carbocycles. The van der Waals surface area contributed by atoms with Crippen LogP contribution in [-0.4, -0.2) is 23.7 Å². The molecule has 0 bridgehead atoms. The van der Waals surface area contributed by atoms with Gasteiger partial charge in [0.25, 0.3) is 5.91 Å². The van der Waals surface area contributed by atoms with Gasteiger partial charge in [-0.2, -0.15) is 0 Å². The molecule has 126 valence electrons. The van der Waals surface area contributed by atoms with Crippen LogP contribution in [0.15, 0.2) is 34.9 Å². The molecule has 5 nitrogen and oxygen atoms in total. The normalized spacial score (nSPS) is 11.6. The first kappa shape index (κ1) is 19.5. The number of carbonyl (C=O) groups excluding carboxylic acids is 1. The van der Waals surface area contributed by atoms with E-state index in [1.165, 1.54) is 0 Å². The average Bonchev–Trinajstić information content (AvgIpc) is 3.02. The Morgan fingerprint density at radius 1 is 1.39 bits per heavy atom. The molecule has 7 heteroatoms. The molecular formula is C16H21Cl2N3O2. The first-order chi connectivity index (χ1) is 10.6. The largest absolute Gasteiger partial charge is 0.355 e. The van der Waals surface area contributed by atoms with Crippen LogP contribution in [0.25, 0.3) is 11.3 Å². The van der Waals surface area contributed by atoms with Gasteiger partial charge in [0.05, 0.1) is 0 Å². The number of hydrogen-bond acceptors (Lipinski definition) is 4. The minimum Gasteiger partial charge on any atom is -0.355 e. The van der Waals surface area contributed by atoms with Crippen molar-refractivity contribution < 1.29 is 9.32 Å². The molecule has 1 atom stereocenters. The maximum Gasteiger partial charge on any atom is 0.273 e. The third kappa shape index (κ3) is 5.53. The van der Waals surface area contributed by atoms with Crippen molar-refractivity contribution in [3.05, 3.63) is 41.0 Å². The van der Waals surface area contributed by atoms with E-state index in [-0.39, 0.29) is 30.0 Å². The molecule has 1 unspecified atom stereocenters. The molecule has 0 saturated carbocycles. The lowest BCUT2D eigenvalue weighted by Gasteiger charge is -2.15. The zero-order chi connectivity index (χ0) is 15.9. The van der Waals surface area contributed by atoms with E-state index in [1.807, 2.05) is 12.1 Å². The maximum absolute atomic E-state index is 12.2. The fraction of sp³-hybridized carbons (Fsp3) is 0.375. The van der Waals surface area contributed by atoms with Gasteiger partial charge in [0.15, 0.2) is 11.5 Å². The van der Waals surface area contributed by atoms with Gasteiger partial charge < -0.3 is 15.6 Å². The Labute approximate surface area is 147 Å². The van der Waals surface area contributed by atoms with Crippen LogP contribution >= 0.6 is 24.0 Å². The molecule has 2 rings (SSSR count). The number of rotatable bonds is 7. The van der Waals surface area contributed by atoms with Crippen molar-refractivity contribution in [2.24, 2.45) is 5.73 Å². The zero-order valence-corrected chi connectivity index (χ0v) is 14.5. The number of halogens is 2. The van der Waals surface area contributed by atoms with Gasteiger partial charge in [-0.15, -0.1) is 12.4 Å². The molecule has 0 spiro atoms. The van der Waals surface area contributed by atoms with Crippen molar-refractivity contribution in [1.29, 1.82) is 0 Å². The minimum absolute atomic E-state index is 0. The van der Waals surface area contributed by atoms with Gasteiger partial charge in [0, 0.05) is 29.2 Å². The van der Waals surface area contributed by atoms with E-state index >= 15 is 0 Å². The Kier molecular flexibility index (Phi) is 8.09. The highest BCUT2D eigenvalue weighted by Crippen LogP contribution is 2.22. The summed E-state index contributed by atoms with van der Waals surface area (Å²) in [4.78, 5) is 12.2. The predicted molar refractivity (Wildman–Crippen MR) is 94.0 cm³/mol. The third-order valence-electron chi connectivity index (χ3n) is 3.40. The number of nitrogens with one attached hydrogen (secondary N) is 1. The lowest BCUT2D eigenvalue weighted by atomic mass is 10.1. The van der Waals surface area contributed by atoms with Crippen molar-refractivity contribution in [1.82, 2.24) is 10.5 Å². The highest BCUT2D eigenvalue weighted by atomic mass is 35.5. The monoisotopic (exact) mass is 357 g/mol. The van der Waals surface area contributed by atoms with Gasteiger partial charge in [0.1, 0.15) is 0 Å². The summed E-state index contributed by atoms with van der Waals surface area (Å²) in [7, 11) is 0. The maximum atomic E-state index is 12.2. The van der Waals surface area contributed by atoms with Crippen molar-refractivity contribution >= 4 is 29.9 Å². The van der Waals surface area contributed by atoms with Crippen LogP contribution in [-0.2, 0) is 0 Å². The SMILES string of the molecule is CCCCC(CN)NC(=O)c1cc(-c2ccc(Cl)cc2)on1.Cl. The fourth-order valence-electron chi connectivity index (χ4n) is 2.09. The summed E-state index contributed by atoms with van der Waals surface area (Å²) in [5.41, 5.74) is 6.75. The molecule has 0 aliphatic carbocycles. The molecule has 0 saturated heterocycles. The number of carbonyl (C=O) groups is 1. The van der Waals surface area contributed by atoms with Crippen LogP contribution in [0.2, 0.25) is 5.02 Å². The third-order valence-corrected chi connectivity index (χ3v) is 3.65. The van der Waals surface area contributed by atoms with Crippen LogP contribution < -0.4 is 11.1 Å². The second-order valence-corrected chi connectivity index (χ2v) is 5.57. The highest BCUT2D eigenvalue weighted by Gasteiger charge is 2.17. The van der Waals surface area contributed by atoms with Gasteiger partial charge in [-0.3, -0.25) is 4.79 Å². The van der Waals surface area contributed by atoms with Crippen molar-refractivity contribution in [2.45, 2.75) is 32.2 Å². The molecule has 1 amide bonds. The fourth-order valence-corrected chi connectivity index (χ4v) is 2.22. The standard InChI is InChI=1S/C16H20ClN3O2.ClH/c1-2-3-4-13(10-18)19-16(21)14-9-15(22-20-14)11-5-7-12(17)8-6-11;/h5-9,13H,2-4,10,18H2,1H3,(H,19,21);1H. The second-order valence-electron chi connectivity index (χ2n) is 5.13. The number of amides is 1. The molecule has 0 fully saturated rings. The van der Waals surface area contributed by atoms with E-state index in [4.69, 9.17) is 21.9 Å². The molecule has 0 aliphatic heterocycles. The Balaban J connectivity index is 0.00000264. The quantitative estimate of drug-likeness (QED) is 0.791. The van der Waals surface area contributed by atoms with E-state index in [1.54, 1.807) is 18.2 Å². The molecule has 0 aliphatic rings. The molecule has 23 heavy (non-hydrogen) atoms. The number of benzene rings is 1. The van der Waals surface area contributed by atoms with Crippen molar-refractivity contribution in [2.75, 3.05) is 6.54 Å². The Morgan fingerprint density at radius 2 is 2.09 bits per heavy atom. The number of nitrogens with zero attached hydrogens (tertiary/aromatic N) is 1. The first-order valence-corrected chi connectivity index (χ1v) is 7.75. The molecular weight excluding hydrogens is 337 g/mol. The summed E-state index contributed by atoms with van der Waals surface area (Å²) in [6.45, 7) is 2.51. The van der Waals surface area contributed by atoms with Gasteiger partial charge in [0.2, 0.25) is 0 Å². The Hall–Kier alpha value is -1.56. The Bertz CT molecular complexity index is 614. The minimum atomic E-state index is -0.268. The van der Waals surface area contributed by atoms with E-state index < -0.39 is 0 Å². The topological polar surface area (TPSA) is 81.1 Å². The summed E-state index contributed by atoms with van der Waals surface area (Å²) < 4.78 is 5.22. The number of unbranched alkanes of at least 4 members (excludes halogenated alkanes) is 1. The van der Waals surface area contributed by atoms with Gasteiger partial charge in [-0.25, -0.2) is 0 Å². The number of aromatic nitrogens is 1. The smallest absolute Gasteiger partial charge is 0.273 e. The van der Waals surface area contributed by atoms with E-state index in [0.717, 1.165) is 24.8 Å². The highest BCUT2D eigenvalue weighted by molar-refractivity contribution is 6.30. The molecule has 3 N–H and O–H groups in total. The number of nitrogens with two attached hydrogens (primary N) is 1.